The molecule has 0 aliphatic heterocycles. The first kappa shape index (κ1) is 17.1. The lowest BCUT2D eigenvalue weighted by Gasteiger charge is -2.22. The fraction of sp³-hybridized carbons (Fsp3) is 0.474. The predicted octanol–water partition coefficient (Wildman–Crippen LogP) is 3.30. The first-order valence-electron chi connectivity index (χ1n) is 8.31. The summed E-state index contributed by atoms with van der Waals surface area (Å²) in [7, 11) is 0. The molecule has 2 amide bonds. The van der Waals surface area contributed by atoms with Crippen LogP contribution in [0.5, 0.6) is 0 Å². The third kappa shape index (κ3) is 2.65. The van der Waals surface area contributed by atoms with Crippen LogP contribution in [-0.2, 0) is 9.59 Å². The Hall–Kier alpha value is -1.75. The van der Waals surface area contributed by atoms with Crippen LogP contribution in [0, 0.1) is 29.1 Å². The van der Waals surface area contributed by atoms with Gasteiger partial charge in [-0.25, -0.2) is 0 Å². The molecule has 0 heterocycles. The van der Waals surface area contributed by atoms with E-state index < -0.39 is 11.8 Å². The number of hydrogen-bond acceptors (Lipinski definition) is 3. The minimum atomic E-state index is -0.433. The van der Waals surface area contributed by atoms with Gasteiger partial charge in [0.1, 0.15) is 0 Å². The van der Waals surface area contributed by atoms with Crippen LogP contribution in [0.25, 0.3) is 0 Å². The van der Waals surface area contributed by atoms with E-state index in [1.165, 1.54) is 0 Å². The van der Waals surface area contributed by atoms with Crippen LogP contribution in [0.15, 0.2) is 41.8 Å². The molecule has 2 aliphatic rings. The summed E-state index contributed by atoms with van der Waals surface area (Å²) in [6.07, 6.45) is 5.95. The van der Waals surface area contributed by atoms with Crippen molar-refractivity contribution in [2.75, 3.05) is 11.6 Å². The number of amides is 2. The van der Waals surface area contributed by atoms with Crippen LogP contribution in [0.2, 0.25) is 0 Å². The summed E-state index contributed by atoms with van der Waals surface area (Å²) in [5, 5.41) is 2.97. The molecule has 0 saturated heterocycles. The number of anilines is 1. The van der Waals surface area contributed by atoms with E-state index in [9.17, 15) is 9.59 Å². The number of carbonyl (C=O) groups is 2. The molecule has 1 spiro atoms. The molecular weight excluding hydrogens is 320 g/mol. The van der Waals surface area contributed by atoms with Crippen molar-refractivity contribution in [2.24, 2.45) is 34.8 Å². The number of carbonyl (C=O) groups excluding carboxylic acids is 2. The third-order valence-electron chi connectivity index (χ3n) is 5.95. The van der Waals surface area contributed by atoms with E-state index in [2.05, 4.69) is 18.8 Å². The molecule has 4 nitrogen and oxygen atoms in total. The Morgan fingerprint density at radius 2 is 1.92 bits per heavy atom. The Morgan fingerprint density at radius 3 is 2.38 bits per heavy atom. The second kappa shape index (κ2) is 6.28. The van der Waals surface area contributed by atoms with E-state index in [-0.39, 0.29) is 29.1 Å². The molecule has 24 heavy (non-hydrogen) atoms. The van der Waals surface area contributed by atoms with E-state index in [0.717, 1.165) is 23.4 Å². The highest BCUT2D eigenvalue weighted by atomic mass is 32.2. The Balaban J connectivity index is 1.85. The highest BCUT2D eigenvalue weighted by molar-refractivity contribution is 7.98. The van der Waals surface area contributed by atoms with Crippen LogP contribution < -0.4 is 11.1 Å². The lowest BCUT2D eigenvalue weighted by atomic mass is 9.84. The number of thioether (sulfide) groups is 1. The summed E-state index contributed by atoms with van der Waals surface area (Å²) in [6, 6.07) is 7.71. The van der Waals surface area contributed by atoms with E-state index in [0.29, 0.717) is 0 Å². The number of benzene rings is 1. The highest BCUT2D eigenvalue weighted by Crippen LogP contribution is 2.68. The topological polar surface area (TPSA) is 72.2 Å². The molecule has 0 aromatic heterocycles. The average molecular weight is 344 g/mol. The average Bonchev–Trinajstić information content (AvgIpc) is 3.31. The molecule has 4 atom stereocenters. The van der Waals surface area contributed by atoms with Crippen molar-refractivity contribution in [3.63, 3.8) is 0 Å². The predicted molar refractivity (Wildman–Crippen MR) is 97.5 cm³/mol. The fourth-order valence-corrected chi connectivity index (χ4v) is 4.93. The second-order valence-electron chi connectivity index (χ2n) is 6.96. The van der Waals surface area contributed by atoms with E-state index in [1.807, 2.05) is 36.6 Å². The van der Waals surface area contributed by atoms with Gasteiger partial charge >= 0.3 is 0 Å². The molecule has 2 fully saturated rings. The van der Waals surface area contributed by atoms with Gasteiger partial charge < -0.3 is 11.1 Å². The summed E-state index contributed by atoms with van der Waals surface area (Å²) >= 11 is 1.65. The first-order valence-corrected chi connectivity index (χ1v) is 9.54. The van der Waals surface area contributed by atoms with Gasteiger partial charge in [-0.05, 0) is 60.6 Å². The molecule has 4 unspecified atom stereocenters. The monoisotopic (exact) mass is 344 g/mol. The minimum Gasteiger partial charge on any atom is -0.369 e. The third-order valence-corrected chi connectivity index (χ3v) is 6.70. The lowest BCUT2D eigenvalue weighted by Crippen LogP contribution is -2.38. The van der Waals surface area contributed by atoms with E-state index >= 15 is 0 Å². The second-order valence-corrected chi connectivity index (χ2v) is 7.83. The molecule has 128 valence electrons. The van der Waals surface area contributed by atoms with E-state index in [1.54, 1.807) is 11.8 Å². The SMILES string of the molecule is C=CC1C(C(=O)Nc2ccc(SC)cc2)C(C(N)=O)C(C)C12CC2. The number of allylic oxidation sites excluding steroid dienone is 1. The molecule has 0 bridgehead atoms. The van der Waals surface area contributed by atoms with Crippen molar-refractivity contribution in [2.45, 2.75) is 24.7 Å². The Kier molecular flexibility index (Phi) is 4.47. The summed E-state index contributed by atoms with van der Waals surface area (Å²) in [6.45, 7) is 5.99. The summed E-state index contributed by atoms with van der Waals surface area (Å²) < 4.78 is 0. The Labute approximate surface area is 147 Å². The maximum absolute atomic E-state index is 12.9. The zero-order valence-electron chi connectivity index (χ0n) is 14.1. The Morgan fingerprint density at radius 1 is 1.29 bits per heavy atom. The van der Waals surface area contributed by atoms with Crippen LogP contribution in [-0.4, -0.2) is 18.1 Å². The van der Waals surface area contributed by atoms with E-state index in [4.69, 9.17) is 5.73 Å². The van der Waals surface area contributed by atoms with Gasteiger partial charge in [0.25, 0.3) is 0 Å². The van der Waals surface area contributed by atoms with Crippen molar-refractivity contribution in [1.82, 2.24) is 0 Å². The van der Waals surface area contributed by atoms with Crippen LogP contribution in [0.1, 0.15) is 19.8 Å². The molecule has 2 saturated carbocycles. The number of rotatable bonds is 5. The van der Waals surface area contributed by atoms with Crippen molar-refractivity contribution < 1.29 is 9.59 Å². The summed E-state index contributed by atoms with van der Waals surface area (Å²) in [5.74, 6) is -1.24. The van der Waals surface area contributed by atoms with Gasteiger partial charge in [0.15, 0.2) is 0 Å². The van der Waals surface area contributed by atoms with Gasteiger partial charge in [-0.2, -0.15) is 0 Å². The molecule has 1 aromatic carbocycles. The molecule has 1 aromatic rings. The van der Waals surface area contributed by atoms with Gasteiger partial charge in [0.2, 0.25) is 11.8 Å². The lowest BCUT2D eigenvalue weighted by molar-refractivity contribution is -0.130. The zero-order valence-corrected chi connectivity index (χ0v) is 14.9. The number of primary amides is 1. The van der Waals surface area contributed by atoms with Gasteiger partial charge in [0.05, 0.1) is 11.8 Å². The van der Waals surface area contributed by atoms with Crippen molar-refractivity contribution in [3.05, 3.63) is 36.9 Å². The number of hydrogen-bond donors (Lipinski definition) is 2. The van der Waals surface area contributed by atoms with Crippen molar-refractivity contribution >= 4 is 29.3 Å². The molecule has 0 radical (unpaired) electrons. The standard InChI is InChI=1S/C19H24N2O2S/c1-4-14-16(15(17(20)22)11(2)19(14)9-10-19)18(23)21-12-5-7-13(24-3)8-6-12/h4-8,11,14-16H,1,9-10H2,2-3H3,(H2,20,22)(H,21,23). The molecule has 2 aliphatic carbocycles. The maximum atomic E-state index is 12.9. The zero-order chi connectivity index (χ0) is 17.5. The largest absolute Gasteiger partial charge is 0.369 e. The van der Waals surface area contributed by atoms with Gasteiger partial charge in [0, 0.05) is 10.6 Å². The van der Waals surface area contributed by atoms with Crippen molar-refractivity contribution in [3.8, 4) is 0 Å². The van der Waals surface area contributed by atoms with Crippen LogP contribution >= 0.6 is 11.8 Å². The summed E-state index contributed by atoms with van der Waals surface area (Å²) in [5.41, 5.74) is 6.44. The molecule has 5 heteroatoms. The fourth-order valence-electron chi connectivity index (χ4n) is 4.52. The quantitative estimate of drug-likeness (QED) is 0.636. The molecule has 3 rings (SSSR count). The first-order chi connectivity index (χ1) is 11.4. The Bertz CT molecular complexity index is 666. The molecule has 3 N–H and O–H groups in total. The van der Waals surface area contributed by atoms with Crippen LogP contribution in [0.4, 0.5) is 5.69 Å². The normalized spacial score (nSPS) is 30.1. The summed E-state index contributed by atoms with van der Waals surface area (Å²) in [4.78, 5) is 26.1. The molecular formula is C19H24N2O2S. The van der Waals surface area contributed by atoms with Crippen molar-refractivity contribution in [1.29, 1.82) is 0 Å². The maximum Gasteiger partial charge on any atom is 0.228 e. The number of nitrogens with one attached hydrogen (secondary N) is 1. The van der Waals surface area contributed by atoms with Gasteiger partial charge in [-0.1, -0.05) is 13.0 Å². The van der Waals surface area contributed by atoms with Crippen LogP contribution in [0.3, 0.4) is 0 Å². The van der Waals surface area contributed by atoms with Gasteiger partial charge in [-0.3, -0.25) is 9.59 Å². The van der Waals surface area contributed by atoms with Gasteiger partial charge in [-0.15, -0.1) is 18.3 Å². The minimum absolute atomic E-state index is 0.00969. The smallest absolute Gasteiger partial charge is 0.228 e. The highest BCUT2D eigenvalue weighted by Gasteiger charge is 2.66. The number of nitrogens with two attached hydrogens (primary N) is 1.